The largest absolute Gasteiger partial charge is 0.479 e. The van der Waals surface area contributed by atoms with E-state index in [1.54, 1.807) is 0 Å². The standard InChI is InChI=1S/C17H21NO4S/c1-11-2-4-12(5-3-11)13-10-23-9-8-18(13)16(19)14-6-7-15(22-14)17(20)21/h2-5,13-15H,6-10H2,1H3,(H,20,21)/t13?,14-,15+/m0/s1. The molecule has 0 aliphatic carbocycles. The van der Waals surface area contributed by atoms with Crippen molar-refractivity contribution in [3.05, 3.63) is 35.4 Å². The third-order valence-corrected chi connectivity index (χ3v) is 5.47. The third kappa shape index (κ3) is 3.53. The maximum Gasteiger partial charge on any atom is 0.332 e. The molecule has 0 spiro atoms. The van der Waals surface area contributed by atoms with Crippen LogP contribution in [0.15, 0.2) is 24.3 Å². The van der Waals surface area contributed by atoms with Crippen LogP contribution in [0.5, 0.6) is 0 Å². The zero-order valence-corrected chi connectivity index (χ0v) is 13.9. The highest BCUT2D eigenvalue weighted by atomic mass is 32.2. The van der Waals surface area contributed by atoms with E-state index in [2.05, 4.69) is 24.3 Å². The highest BCUT2D eigenvalue weighted by Crippen LogP contribution is 2.32. The number of carbonyl (C=O) groups is 2. The van der Waals surface area contributed by atoms with Gasteiger partial charge in [0.15, 0.2) is 6.10 Å². The Morgan fingerprint density at radius 2 is 1.91 bits per heavy atom. The summed E-state index contributed by atoms with van der Waals surface area (Å²) in [6, 6.07) is 8.30. The van der Waals surface area contributed by atoms with Crippen LogP contribution >= 0.6 is 11.8 Å². The summed E-state index contributed by atoms with van der Waals surface area (Å²) >= 11 is 1.84. The molecule has 3 rings (SSSR count). The highest BCUT2D eigenvalue weighted by molar-refractivity contribution is 7.99. The molecule has 1 unspecified atom stereocenters. The number of hydrogen-bond donors (Lipinski definition) is 1. The van der Waals surface area contributed by atoms with Gasteiger partial charge in [-0.25, -0.2) is 4.79 Å². The molecule has 2 heterocycles. The second kappa shape index (κ2) is 6.93. The molecule has 1 aromatic rings. The van der Waals surface area contributed by atoms with E-state index >= 15 is 0 Å². The Morgan fingerprint density at radius 3 is 2.57 bits per heavy atom. The first-order valence-corrected chi connectivity index (χ1v) is 9.05. The maximum atomic E-state index is 12.8. The van der Waals surface area contributed by atoms with Gasteiger partial charge in [0.2, 0.25) is 0 Å². The monoisotopic (exact) mass is 335 g/mol. The molecule has 0 aromatic heterocycles. The van der Waals surface area contributed by atoms with E-state index in [1.165, 1.54) is 5.56 Å². The van der Waals surface area contributed by atoms with Crippen LogP contribution in [0, 0.1) is 6.92 Å². The lowest BCUT2D eigenvalue weighted by Gasteiger charge is -2.37. The van der Waals surface area contributed by atoms with Gasteiger partial charge in [-0.15, -0.1) is 0 Å². The van der Waals surface area contributed by atoms with E-state index in [1.807, 2.05) is 23.6 Å². The smallest absolute Gasteiger partial charge is 0.332 e. The Bertz CT molecular complexity index is 589. The molecule has 2 fully saturated rings. The van der Waals surface area contributed by atoms with Gasteiger partial charge in [0.25, 0.3) is 5.91 Å². The van der Waals surface area contributed by atoms with Gasteiger partial charge in [0.05, 0.1) is 6.04 Å². The molecule has 2 aliphatic rings. The van der Waals surface area contributed by atoms with Gasteiger partial charge in [0, 0.05) is 18.1 Å². The first kappa shape index (κ1) is 16.3. The van der Waals surface area contributed by atoms with Crippen molar-refractivity contribution < 1.29 is 19.4 Å². The number of amides is 1. The van der Waals surface area contributed by atoms with Gasteiger partial charge >= 0.3 is 5.97 Å². The number of nitrogens with zero attached hydrogens (tertiary/aromatic N) is 1. The number of ether oxygens (including phenoxy) is 1. The second-order valence-corrected chi connectivity index (χ2v) is 7.21. The first-order valence-electron chi connectivity index (χ1n) is 7.89. The molecule has 23 heavy (non-hydrogen) atoms. The summed E-state index contributed by atoms with van der Waals surface area (Å²) in [5.41, 5.74) is 2.32. The zero-order valence-electron chi connectivity index (χ0n) is 13.1. The molecule has 1 N–H and O–H groups in total. The Hall–Kier alpha value is -1.53. The van der Waals surface area contributed by atoms with Gasteiger partial charge in [0.1, 0.15) is 6.10 Å². The number of thioether (sulfide) groups is 1. The average Bonchev–Trinajstić information content (AvgIpc) is 3.05. The minimum atomic E-state index is -0.982. The number of hydrogen-bond acceptors (Lipinski definition) is 4. The molecule has 2 aliphatic heterocycles. The third-order valence-electron chi connectivity index (χ3n) is 4.44. The zero-order chi connectivity index (χ0) is 16.4. The molecular weight excluding hydrogens is 314 g/mol. The minimum Gasteiger partial charge on any atom is -0.479 e. The Kier molecular flexibility index (Phi) is 4.92. The van der Waals surface area contributed by atoms with Gasteiger partial charge < -0.3 is 14.7 Å². The van der Waals surface area contributed by atoms with Crippen molar-refractivity contribution in [3.8, 4) is 0 Å². The molecule has 1 amide bonds. The molecule has 2 saturated heterocycles. The lowest BCUT2D eigenvalue weighted by Crippen LogP contribution is -2.46. The summed E-state index contributed by atoms with van der Waals surface area (Å²) in [5.74, 6) is 0.719. The summed E-state index contributed by atoms with van der Waals surface area (Å²) in [7, 11) is 0. The van der Waals surface area contributed by atoms with Crippen LogP contribution in [0.1, 0.15) is 30.0 Å². The van der Waals surface area contributed by atoms with E-state index in [0.29, 0.717) is 19.4 Å². The first-order chi connectivity index (χ1) is 11.1. The number of benzene rings is 1. The van der Waals surface area contributed by atoms with Gasteiger partial charge in [-0.3, -0.25) is 4.79 Å². The van der Waals surface area contributed by atoms with Crippen molar-refractivity contribution in [1.82, 2.24) is 4.90 Å². The molecule has 0 radical (unpaired) electrons. The van der Waals surface area contributed by atoms with Crippen LogP contribution in [-0.4, -0.2) is 52.1 Å². The van der Waals surface area contributed by atoms with E-state index in [0.717, 1.165) is 17.1 Å². The van der Waals surface area contributed by atoms with Gasteiger partial charge in [-0.05, 0) is 25.3 Å². The van der Waals surface area contributed by atoms with E-state index in [9.17, 15) is 9.59 Å². The molecule has 5 nitrogen and oxygen atoms in total. The van der Waals surface area contributed by atoms with Crippen LogP contribution in [0.25, 0.3) is 0 Å². The Balaban J connectivity index is 1.75. The average molecular weight is 335 g/mol. The van der Waals surface area contributed by atoms with Crippen molar-refractivity contribution in [1.29, 1.82) is 0 Å². The molecule has 1 aromatic carbocycles. The summed E-state index contributed by atoms with van der Waals surface area (Å²) < 4.78 is 5.44. The maximum absolute atomic E-state index is 12.8. The Labute approximate surface area is 140 Å². The number of carbonyl (C=O) groups excluding carboxylic acids is 1. The van der Waals surface area contributed by atoms with Crippen molar-refractivity contribution >= 4 is 23.6 Å². The molecular formula is C17H21NO4S. The van der Waals surface area contributed by atoms with Crippen molar-refractivity contribution in [2.24, 2.45) is 0 Å². The number of carboxylic acids is 1. The molecule has 124 valence electrons. The molecule has 3 atom stereocenters. The number of aliphatic carboxylic acids is 1. The number of aryl methyl sites for hydroxylation is 1. The number of carboxylic acid groups (broad SMARTS) is 1. The van der Waals surface area contributed by atoms with Gasteiger partial charge in [-0.2, -0.15) is 11.8 Å². The van der Waals surface area contributed by atoms with Crippen LogP contribution in [0.4, 0.5) is 0 Å². The van der Waals surface area contributed by atoms with Crippen molar-refractivity contribution in [2.45, 2.75) is 38.0 Å². The lowest BCUT2D eigenvalue weighted by atomic mass is 10.0. The van der Waals surface area contributed by atoms with Crippen LogP contribution < -0.4 is 0 Å². The SMILES string of the molecule is Cc1ccc(C2CSCCN2C(=O)[C@@H]2CC[C@H](C(=O)O)O2)cc1. The van der Waals surface area contributed by atoms with Crippen molar-refractivity contribution in [3.63, 3.8) is 0 Å². The van der Waals surface area contributed by atoms with Crippen LogP contribution in [0.3, 0.4) is 0 Å². The van der Waals surface area contributed by atoms with Crippen LogP contribution in [0.2, 0.25) is 0 Å². The minimum absolute atomic E-state index is 0.0364. The predicted molar refractivity (Wildman–Crippen MR) is 88.5 cm³/mol. The summed E-state index contributed by atoms with van der Waals surface area (Å²) in [4.78, 5) is 25.7. The van der Waals surface area contributed by atoms with E-state index < -0.39 is 18.2 Å². The quantitative estimate of drug-likeness (QED) is 0.918. The Morgan fingerprint density at radius 1 is 1.22 bits per heavy atom. The van der Waals surface area contributed by atoms with Gasteiger partial charge in [-0.1, -0.05) is 29.8 Å². The summed E-state index contributed by atoms with van der Waals surface area (Å²) in [6.45, 7) is 2.72. The van der Waals surface area contributed by atoms with E-state index in [4.69, 9.17) is 9.84 Å². The fourth-order valence-corrected chi connectivity index (χ4v) is 4.21. The molecule has 6 heteroatoms. The normalized spacial score (nSPS) is 27.9. The fourth-order valence-electron chi connectivity index (χ4n) is 3.12. The predicted octanol–water partition coefficient (Wildman–Crippen LogP) is 2.24. The lowest BCUT2D eigenvalue weighted by molar-refractivity contribution is -0.155. The van der Waals surface area contributed by atoms with Crippen molar-refractivity contribution in [2.75, 3.05) is 18.1 Å². The topological polar surface area (TPSA) is 66.8 Å². The van der Waals surface area contributed by atoms with E-state index in [-0.39, 0.29) is 11.9 Å². The highest BCUT2D eigenvalue weighted by Gasteiger charge is 2.39. The summed E-state index contributed by atoms with van der Waals surface area (Å²) in [6.07, 6.45) is -0.572. The molecule has 0 bridgehead atoms. The van der Waals surface area contributed by atoms with Crippen LogP contribution in [-0.2, 0) is 14.3 Å². The second-order valence-electron chi connectivity index (χ2n) is 6.06. The molecule has 0 saturated carbocycles. The fraction of sp³-hybridized carbons (Fsp3) is 0.529. The number of rotatable bonds is 3. The summed E-state index contributed by atoms with van der Waals surface area (Å²) in [5, 5.41) is 9.03.